The number of carbonyl (C=O) groups excluding carboxylic acids is 2. The normalized spacial score (nSPS) is 14.9. The number of nitrogens with zero attached hydrogens (tertiary/aromatic N) is 1. The molecule has 338 valence electrons. The van der Waals surface area contributed by atoms with E-state index in [-0.39, 0.29) is 26.1 Å². The number of rotatable bonds is 39. The van der Waals surface area contributed by atoms with Crippen LogP contribution in [0.5, 0.6) is 0 Å². The highest BCUT2D eigenvalue weighted by Crippen LogP contribution is 2.43. The van der Waals surface area contributed by atoms with Gasteiger partial charge in [0.25, 0.3) is 0 Å². The summed E-state index contributed by atoms with van der Waals surface area (Å²) < 4.78 is 34.1. The molecule has 2 unspecified atom stereocenters. The van der Waals surface area contributed by atoms with Crippen molar-refractivity contribution in [2.24, 2.45) is 0 Å². The lowest BCUT2D eigenvalue weighted by molar-refractivity contribution is -0.870. The van der Waals surface area contributed by atoms with Gasteiger partial charge in [-0.2, -0.15) is 0 Å². The van der Waals surface area contributed by atoms with Crippen molar-refractivity contribution < 1.29 is 47.2 Å². The Morgan fingerprint density at radius 1 is 0.627 bits per heavy atom. The molecule has 0 aromatic carbocycles. The lowest BCUT2D eigenvalue weighted by atomic mass is 10.1. The van der Waals surface area contributed by atoms with E-state index < -0.39 is 38.6 Å². The van der Waals surface area contributed by atoms with E-state index in [9.17, 15) is 24.2 Å². The number of unbranched alkanes of at least 4 members (excludes halogenated alkanes) is 10. The Bertz CT molecular complexity index is 1300. The average Bonchev–Trinajstić information content (AvgIpc) is 3.18. The standard InChI is InChI=1S/C48H82NO9P/c1-6-8-10-12-14-16-18-20-21-22-23-25-27-29-31-33-35-39-47(51)55-43-46(44-57-59(53,54)56-42-41-49(3,4)5)58-48(52)40-36-38-45(50)37-34-32-30-28-26-24-19-17-15-13-11-9-7-2/h8,10,14,16,20-21,23-26,30,32,34,37,45-46,50H,6-7,9,11-13,15,17-19,22,27-29,31,33,35-36,38-44H2,1-5H3/p+1/b10-8-,16-14-,21-20-,25-23-,26-24+,32-30+,37-34+/t45?,46-/m1/s1. The first kappa shape index (κ1) is 56.1. The third-order valence-electron chi connectivity index (χ3n) is 9.01. The summed E-state index contributed by atoms with van der Waals surface area (Å²) >= 11 is 0. The van der Waals surface area contributed by atoms with Crippen LogP contribution in [0.25, 0.3) is 0 Å². The molecule has 0 fully saturated rings. The van der Waals surface area contributed by atoms with Crippen molar-refractivity contribution in [2.45, 2.75) is 161 Å². The number of allylic oxidation sites excluding steroid dienone is 13. The zero-order chi connectivity index (χ0) is 43.7. The summed E-state index contributed by atoms with van der Waals surface area (Å²) in [5.74, 6) is -1.03. The van der Waals surface area contributed by atoms with E-state index in [0.717, 1.165) is 64.2 Å². The maximum Gasteiger partial charge on any atom is 0.472 e. The van der Waals surface area contributed by atoms with Gasteiger partial charge in [-0.25, -0.2) is 4.57 Å². The molecule has 2 N–H and O–H groups in total. The second kappa shape index (κ2) is 39.3. The van der Waals surface area contributed by atoms with Crippen molar-refractivity contribution in [2.75, 3.05) is 47.5 Å². The van der Waals surface area contributed by atoms with E-state index in [4.69, 9.17) is 18.5 Å². The molecule has 0 radical (unpaired) electrons. The molecule has 0 rings (SSSR count). The number of esters is 2. The molecular weight excluding hydrogens is 765 g/mol. The number of phosphoric acid groups is 1. The molecule has 3 atom stereocenters. The highest BCUT2D eigenvalue weighted by atomic mass is 31.2. The molecule has 10 nitrogen and oxygen atoms in total. The Hall–Kier alpha value is -2.85. The van der Waals surface area contributed by atoms with Gasteiger partial charge < -0.3 is 24.0 Å². The van der Waals surface area contributed by atoms with Gasteiger partial charge in [-0.3, -0.25) is 18.6 Å². The molecule has 0 spiro atoms. The van der Waals surface area contributed by atoms with Crippen LogP contribution < -0.4 is 0 Å². The van der Waals surface area contributed by atoms with E-state index in [1.165, 1.54) is 38.5 Å². The number of hydrogen-bond acceptors (Lipinski definition) is 8. The van der Waals surface area contributed by atoms with Gasteiger partial charge in [0, 0.05) is 12.8 Å². The van der Waals surface area contributed by atoms with Crippen molar-refractivity contribution in [1.29, 1.82) is 0 Å². The first-order valence-electron chi connectivity index (χ1n) is 22.4. The summed E-state index contributed by atoms with van der Waals surface area (Å²) in [6.07, 6.45) is 46.6. The highest BCUT2D eigenvalue weighted by molar-refractivity contribution is 7.47. The predicted octanol–water partition coefficient (Wildman–Crippen LogP) is 11.8. The first-order chi connectivity index (χ1) is 28.4. The fourth-order valence-electron chi connectivity index (χ4n) is 5.48. The second-order valence-corrected chi connectivity index (χ2v) is 17.3. The number of ether oxygens (including phenoxy) is 2. The summed E-state index contributed by atoms with van der Waals surface area (Å²) in [5, 5.41) is 10.3. The van der Waals surface area contributed by atoms with Crippen LogP contribution in [0.4, 0.5) is 0 Å². The number of aliphatic hydroxyl groups excluding tert-OH is 1. The van der Waals surface area contributed by atoms with E-state index >= 15 is 0 Å². The van der Waals surface area contributed by atoms with Crippen LogP contribution in [0.3, 0.4) is 0 Å². The Kier molecular flexibility index (Phi) is 37.4. The van der Waals surface area contributed by atoms with E-state index in [1.807, 2.05) is 33.3 Å². The quantitative estimate of drug-likeness (QED) is 0.0155. The minimum Gasteiger partial charge on any atom is -0.462 e. The third-order valence-corrected chi connectivity index (χ3v) is 10.00. The minimum atomic E-state index is -4.44. The molecule has 0 aliphatic rings. The topological polar surface area (TPSA) is 129 Å². The summed E-state index contributed by atoms with van der Waals surface area (Å²) in [5.41, 5.74) is 0. The third kappa shape index (κ3) is 43.1. The molecule has 0 aromatic heterocycles. The summed E-state index contributed by atoms with van der Waals surface area (Å²) in [4.78, 5) is 35.4. The molecule has 59 heavy (non-hydrogen) atoms. The van der Waals surface area contributed by atoms with Crippen LogP contribution in [0, 0.1) is 0 Å². The maximum absolute atomic E-state index is 12.7. The van der Waals surface area contributed by atoms with Gasteiger partial charge in [0.1, 0.15) is 19.8 Å². The molecule has 0 amide bonds. The molecular formula is C48H83NO9P+. The summed E-state index contributed by atoms with van der Waals surface area (Å²) in [6, 6.07) is 0. The number of aliphatic hydroxyl groups is 1. The smallest absolute Gasteiger partial charge is 0.462 e. The molecule has 0 heterocycles. The fraction of sp³-hybridized carbons (Fsp3) is 0.667. The van der Waals surface area contributed by atoms with Crippen LogP contribution in [0.15, 0.2) is 85.1 Å². The van der Waals surface area contributed by atoms with Crippen LogP contribution in [-0.4, -0.2) is 86.1 Å². The highest BCUT2D eigenvalue weighted by Gasteiger charge is 2.27. The van der Waals surface area contributed by atoms with Crippen molar-refractivity contribution in [3.8, 4) is 0 Å². The number of likely N-dealkylation sites (N-methyl/N-ethyl adjacent to an activating group) is 1. The van der Waals surface area contributed by atoms with E-state index in [0.29, 0.717) is 30.3 Å². The second-order valence-electron chi connectivity index (χ2n) is 15.9. The molecule has 0 aliphatic carbocycles. The van der Waals surface area contributed by atoms with Crippen molar-refractivity contribution >= 4 is 19.8 Å². The van der Waals surface area contributed by atoms with Gasteiger partial charge >= 0.3 is 19.8 Å². The number of phosphoric ester groups is 1. The Balaban J connectivity index is 4.60. The summed E-state index contributed by atoms with van der Waals surface area (Å²) in [6.45, 7) is 4.03. The lowest BCUT2D eigenvalue weighted by Crippen LogP contribution is -2.37. The van der Waals surface area contributed by atoms with Crippen molar-refractivity contribution in [3.63, 3.8) is 0 Å². The van der Waals surface area contributed by atoms with Gasteiger partial charge in [0.15, 0.2) is 6.10 Å². The molecule has 0 bridgehead atoms. The molecule has 0 aromatic rings. The Labute approximate surface area is 359 Å². The number of hydrogen-bond donors (Lipinski definition) is 2. The van der Waals surface area contributed by atoms with Gasteiger partial charge in [0.2, 0.25) is 0 Å². The van der Waals surface area contributed by atoms with Gasteiger partial charge in [-0.1, -0.05) is 144 Å². The van der Waals surface area contributed by atoms with Crippen LogP contribution in [0.2, 0.25) is 0 Å². The molecule has 11 heteroatoms. The Morgan fingerprint density at radius 3 is 1.78 bits per heavy atom. The van der Waals surface area contributed by atoms with Crippen LogP contribution in [-0.2, 0) is 32.7 Å². The fourth-order valence-corrected chi connectivity index (χ4v) is 6.22. The summed E-state index contributed by atoms with van der Waals surface area (Å²) in [7, 11) is 1.33. The first-order valence-corrected chi connectivity index (χ1v) is 23.9. The zero-order valence-corrected chi connectivity index (χ0v) is 38.5. The predicted molar refractivity (Wildman–Crippen MR) is 244 cm³/mol. The lowest BCUT2D eigenvalue weighted by Gasteiger charge is -2.24. The Morgan fingerprint density at radius 2 is 1.17 bits per heavy atom. The minimum absolute atomic E-state index is 0.00623. The average molecular weight is 849 g/mol. The van der Waals surface area contributed by atoms with Crippen molar-refractivity contribution in [3.05, 3.63) is 85.1 Å². The SMILES string of the molecule is CC/C=C\C/C=C\C/C=C\C/C=C\CCCCCCC(=O)OC[C@H](COP(=O)(O)OCC[N+](C)(C)C)OC(=O)CCCC(O)/C=C/C=C/C/C=C/CCCCCCCC. The van der Waals surface area contributed by atoms with Crippen LogP contribution >= 0.6 is 7.82 Å². The van der Waals surface area contributed by atoms with E-state index in [2.05, 4.69) is 74.6 Å². The monoisotopic (exact) mass is 849 g/mol. The molecule has 0 saturated carbocycles. The molecule has 0 aliphatic heterocycles. The largest absolute Gasteiger partial charge is 0.472 e. The van der Waals surface area contributed by atoms with Crippen LogP contribution in [0.1, 0.15) is 149 Å². The number of quaternary nitrogens is 1. The van der Waals surface area contributed by atoms with Gasteiger partial charge in [-0.15, -0.1) is 0 Å². The zero-order valence-electron chi connectivity index (χ0n) is 37.6. The van der Waals surface area contributed by atoms with Gasteiger partial charge in [-0.05, 0) is 77.0 Å². The molecule has 0 saturated heterocycles. The van der Waals surface area contributed by atoms with Crippen molar-refractivity contribution in [1.82, 2.24) is 0 Å². The van der Waals surface area contributed by atoms with Gasteiger partial charge in [0.05, 0.1) is 33.9 Å². The van der Waals surface area contributed by atoms with E-state index in [1.54, 1.807) is 12.2 Å². The number of carbonyl (C=O) groups is 2. The maximum atomic E-state index is 12.7.